The summed E-state index contributed by atoms with van der Waals surface area (Å²) in [5, 5.41) is 13.0. The van der Waals surface area contributed by atoms with Crippen molar-refractivity contribution in [1.82, 2.24) is 24.6 Å². The number of aromatic nitrogens is 4. The minimum Gasteiger partial charge on any atom is -0.379 e. The van der Waals surface area contributed by atoms with Gasteiger partial charge in [0.2, 0.25) is 5.95 Å². The molecule has 2 N–H and O–H groups in total. The zero-order valence-electron chi connectivity index (χ0n) is 22.3. The van der Waals surface area contributed by atoms with Crippen LogP contribution in [0.5, 0.6) is 0 Å². The van der Waals surface area contributed by atoms with Gasteiger partial charge in [0.15, 0.2) is 0 Å². The molecule has 0 spiro atoms. The summed E-state index contributed by atoms with van der Waals surface area (Å²) in [6, 6.07) is 1.19. The van der Waals surface area contributed by atoms with Crippen molar-refractivity contribution in [3.05, 3.63) is 22.8 Å². The van der Waals surface area contributed by atoms with E-state index in [4.69, 9.17) is 14.7 Å². The quantitative estimate of drug-likeness (QED) is 0.454. The number of hydrogen-bond acceptors (Lipinski definition) is 10. The maximum absolute atomic E-state index is 11.8. The normalized spacial score (nSPS) is 26.1. The molecule has 3 aromatic heterocycles. The summed E-state index contributed by atoms with van der Waals surface area (Å²) in [6.45, 7) is 3.83. The van der Waals surface area contributed by atoms with Crippen molar-refractivity contribution in [2.75, 3.05) is 48.4 Å². The predicted molar refractivity (Wildman–Crippen MR) is 154 cm³/mol. The fraction of sp³-hybridized carbons (Fsp3) is 0.667. The third-order valence-corrected chi connectivity index (χ3v) is 11.8. The van der Waals surface area contributed by atoms with Crippen LogP contribution in [0.25, 0.3) is 10.2 Å². The van der Waals surface area contributed by atoms with Gasteiger partial charge in [0.25, 0.3) is 0 Å². The highest BCUT2D eigenvalue weighted by Crippen LogP contribution is 2.41. The molecule has 2 aliphatic carbocycles. The van der Waals surface area contributed by atoms with E-state index in [9.17, 15) is 8.42 Å². The van der Waals surface area contributed by atoms with Gasteiger partial charge in [0, 0.05) is 36.2 Å². The minimum atomic E-state index is -2.90. The molecule has 5 heterocycles. The summed E-state index contributed by atoms with van der Waals surface area (Å²) in [5.74, 6) is 2.00. The van der Waals surface area contributed by atoms with Gasteiger partial charge in [-0.2, -0.15) is 10.1 Å². The molecular formula is C27H37N7O3S2. The third kappa shape index (κ3) is 5.40. The molecule has 0 aromatic carbocycles. The molecule has 3 fully saturated rings. The number of hydrogen-bond donors (Lipinski definition) is 2. The zero-order valence-corrected chi connectivity index (χ0v) is 23.9. The molecule has 12 heteroatoms. The van der Waals surface area contributed by atoms with Gasteiger partial charge in [-0.15, -0.1) is 11.3 Å². The van der Waals surface area contributed by atoms with Crippen molar-refractivity contribution >= 4 is 48.8 Å². The summed E-state index contributed by atoms with van der Waals surface area (Å²) in [6.07, 6.45) is 13.1. The number of ether oxygens (including phenoxy) is 1. The molecule has 0 atom stereocenters. The monoisotopic (exact) mass is 571 g/mol. The van der Waals surface area contributed by atoms with Gasteiger partial charge in [0.1, 0.15) is 20.5 Å². The molecule has 0 unspecified atom stereocenters. The first kappa shape index (κ1) is 25.7. The van der Waals surface area contributed by atoms with Crippen LogP contribution in [0, 0.1) is 0 Å². The van der Waals surface area contributed by atoms with E-state index in [0.717, 1.165) is 68.3 Å². The van der Waals surface area contributed by atoms with Crippen LogP contribution in [0.1, 0.15) is 61.4 Å². The van der Waals surface area contributed by atoms with Crippen molar-refractivity contribution in [3.8, 4) is 0 Å². The lowest BCUT2D eigenvalue weighted by Gasteiger charge is -2.39. The molecule has 3 aromatic rings. The lowest BCUT2D eigenvalue weighted by molar-refractivity contribution is 0.00791. The van der Waals surface area contributed by atoms with E-state index in [1.807, 2.05) is 10.9 Å². The van der Waals surface area contributed by atoms with Crippen LogP contribution in [-0.4, -0.2) is 83.0 Å². The molecule has 2 aliphatic heterocycles. The molecule has 10 nitrogen and oxygen atoms in total. The number of nitrogens with zero attached hydrogens (tertiary/aromatic N) is 5. The van der Waals surface area contributed by atoms with Crippen LogP contribution in [0.3, 0.4) is 0 Å². The van der Waals surface area contributed by atoms with Crippen LogP contribution in [-0.2, 0) is 27.4 Å². The van der Waals surface area contributed by atoms with E-state index < -0.39 is 9.84 Å². The number of anilines is 3. The molecular weight excluding hydrogens is 534 g/mol. The van der Waals surface area contributed by atoms with Gasteiger partial charge in [-0.1, -0.05) is 0 Å². The number of sulfone groups is 1. The fourth-order valence-corrected chi connectivity index (χ4v) is 9.48. The van der Waals surface area contributed by atoms with Crippen LogP contribution < -0.4 is 10.6 Å². The standard InChI is InChI=1S/C27H37N7O3S2/c35-39(36)14-8-21(9-15-39)34-17-19(16-28-34)30-27-31-25(24-22-2-1-3-23(22)38-26(24)32-27)29-18-4-6-20(7-5-18)33-10-12-37-13-11-33/h16-18,20-21H,1-15H2,(H2,29,30,31,32). The Balaban J connectivity index is 1.09. The van der Waals surface area contributed by atoms with Gasteiger partial charge in [-0.25, -0.2) is 13.4 Å². The highest BCUT2D eigenvalue weighted by atomic mass is 32.2. The topological polar surface area (TPSA) is 114 Å². The Hall–Kier alpha value is -2.28. The second kappa shape index (κ2) is 10.6. The lowest BCUT2D eigenvalue weighted by Crippen LogP contribution is -2.46. The third-order valence-electron chi connectivity index (χ3n) is 8.92. The average molecular weight is 572 g/mol. The fourth-order valence-electron chi connectivity index (χ4n) is 6.75. The first-order valence-electron chi connectivity index (χ1n) is 14.4. The largest absolute Gasteiger partial charge is 0.379 e. The first-order chi connectivity index (χ1) is 19.0. The number of fused-ring (bicyclic) bond motifs is 3. The number of rotatable bonds is 6. The van der Waals surface area contributed by atoms with Crippen molar-refractivity contribution in [2.45, 2.75) is 75.9 Å². The smallest absolute Gasteiger partial charge is 0.230 e. The van der Waals surface area contributed by atoms with E-state index >= 15 is 0 Å². The Morgan fingerprint density at radius 3 is 2.56 bits per heavy atom. The zero-order chi connectivity index (χ0) is 26.4. The van der Waals surface area contributed by atoms with Crippen molar-refractivity contribution < 1.29 is 13.2 Å². The van der Waals surface area contributed by atoms with Gasteiger partial charge >= 0.3 is 0 Å². The summed E-state index contributed by atoms with van der Waals surface area (Å²) in [4.78, 5) is 15.1. The van der Waals surface area contributed by atoms with Gasteiger partial charge in [-0.05, 0) is 63.4 Å². The highest BCUT2D eigenvalue weighted by Gasteiger charge is 2.29. The van der Waals surface area contributed by atoms with Gasteiger partial charge in [0.05, 0.1) is 48.0 Å². The van der Waals surface area contributed by atoms with E-state index in [2.05, 4.69) is 20.6 Å². The van der Waals surface area contributed by atoms with Crippen LogP contribution >= 0.6 is 11.3 Å². The summed E-state index contributed by atoms with van der Waals surface area (Å²) < 4.78 is 31.1. The van der Waals surface area contributed by atoms with Crippen molar-refractivity contribution in [1.29, 1.82) is 0 Å². The minimum absolute atomic E-state index is 0.109. The average Bonchev–Trinajstić information content (AvgIpc) is 3.66. The maximum atomic E-state index is 11.8. The number of aryl methyl sites for hydroxylation is 2. The van der Waals surface area contributed by atoms with E-state index in [0.29, 0.717) is 30.9 Å². The molecule has 0 radical (unpaired) electrons. The lowest BCUT2D eigenvalue weighted by atomic mass is 9.90. The van der Waals surface area contributed by atoms with Crippen LogP contribution in [0.2, 0.25) is 0 Å². The Bertz CT molecular complexity index is 1420. The Labute approximate surface area is 233 Å². The number of morpholine rings is 1. The maximum Gasteiger partial charge on any atom is 0.230 e. The molecule has 4 aliphatic rings. The van der Waals surface area contributed by atoms with Crippen molar-refractivity contribution in [2.24, 2.45) is 0 Å². The molecule has 7 rings (SSSR count). The van der Waals surface area contributed by atoms with Crippen LogP contribution in [0.4, 0.5) is 17.5 Å². The number of nitrogens with one attached hydrogen (secondary N) is 2. The van der Waals surface area contributed by atoms with E-state index in [-0.39, 0.29) is 17.5 Å². The Morgan fingerprint density at radius 1 is 0.974 bits per heavy atom. The number of thiophene rings is 1. The van der Waals surface area contributed by atoms with Gasteiger partial charge in [-0.3, -0.25) is 9.58 Å². The first-order valence-corrected chi connectivity index (χ1v) is 17.1. The molecule has 0 bridgehead atoms. The molecule has 2 saturated heterocycles. The highest BCUT2D eigenvalue weighted by molar-refractivity contribution is 7.91. The Morgan fingerprint density at radius 2 is 1.77 bits per heavy atom. The van der Waals surface area contributed by atoms with Gasteiger partial charge < -0.3 is 15.4 Å². The SMILES string of the molecule is O=S1(=O)CCC(n2cc(Nc3nc(NC4CCC(N5CCOCC5)CC4)c4c5c(sc4n3)CCC5)cn2)CC1. The summed E-state index contributed by atoms with van der Waals surface area (Å²) in [5.41, 5.74) is 2.26. The van der Waals surface area contributed by atoms with E-state index in [1.54, 1.807) is 17.5 Å². The van der Waals surface area contributed by atoms with Crippen molar-refractivity contribution in [3.63, 3.8) is 0 Å². The molecule has 1 saturated carbocycles. The predicted octanol–water partition coefficient (Wildman–Crippen LogP) is 3.93. The summed E-state index contributed by atoms with van der Waals surface area (Å²) >= 11 is 1.81. The molecule has 39 heavy (non-hydrogen) atoms. The summed E-state index contributed by atoms with van der Waals surface area (Å²) in [7, 11) is -2.90. The Kier molecular flexibility index (Phi) is 6.98. The molecule has 210 valence electrons. The van der Waals surface area contributed by atoms with E-state index in [1.165, 1.54) is 35.1 Å². The second-order valence-electron chi connectivity index (χ2n) is 11.4. The second-order valence-corrected chi connectivity index (χ2v) is 14.8. The van der Waals surface area contributed by atoms with Crippen LogP contribution in [0.15, 0.2) is 12.4 Å². The molecule has 0 amide bonds.